The molecule has 104 valence electrons. The number of ketones is 2. The number of halogens is 1. The van der Waals surface area contributed by atoms with Crippen LogP contribution < -0.4 is 5.32 Å². The first-order chi connectivity index (χ1) is 10.1. The summed E-state index contributed by atoms with van der Waals surface area (Å²) < 4.78 is 0. The molecule has 1 amide bonds. The highest BCUT2D eigenvalue weighted by Crippen LogP contribution is 2.29. The van der Waals surface area contributed by atoms with Gasteiger partial charge in [-0.1, -0.05) is 41.9 Å². The van der Waals surface area contributed by atoms with Gasteiger partial charge < -0.3 is 5.32 Å². The third-order valence-corrected chi connectivity index (χ3v) is 3.58. The topological polar surface area (TPSA) is 63.2 Å². The molecule has 4 nitrogen and oxygen atoms in total. The third kappa shape index (κ3) is 2.34. The van der Waals surface area contributed by atoms with Gasteiger partial charge in [0.1, 0.15) is 0 Å². The van der Waals surface area contributed by atoms with Crippen LogP contribution in [0.2, 0.25) is 5.02 Å². The molecule has 0 aromatic heterocycles. The summed E-state index contributed by atoms with van der Waals surface area (Å²) in [6.07, 6.45) is 0. The molecule has 2 aromatic rings. The van der Waals surface area contributed by atoms with E-state index in [9.17, 15) is 14.4 Å². The first-order valence-electron chi connectivity index (χ1n) is 6.32. The highest BCUT2D eigenvalue weighted by atomic mass is 35.5. The molecule has 21 heavy (non-hydrogen) atoms. The van der Waals surface area contributed by atoms with Gasteiger partial charge in [-0.25, -0.2) is 0 Å². The average Bonchev–Trinajstić information content (AvgIpc) is 2.47. The minimum Gasteiger partial charge on any atom is -0.324 e. The normalized spacial score (nSPS) is 17.1. The number of nitrogens with one attached hydrogen (secondary N) is 1. The number of Topliss-reactive ketones (excluding diaryl/α,β-unsaturated/α-hetero) is 2. The second-order valence-corrected chi connectivity index (χ2v) is 5.14. The molecule has 0 saturated carbocycles. The number of fused-ring (bicyclic) bond motifs is 1. The van der Waals surface area contributed by atoms with Crippen LogP contribution in [0.5, 0.6) is 0 Å². The van der Waals surface area contributed by atoms with Crippen LogP contribution in [-0.2, 0) is 4.79 Å². The van der Waals surface area contributed by atoms with E-state index >= 15 is 0 Å². The van der Waals surface area contributed by atoms with Crippen LogP contribution >= 0.6 is 11.6 Å². The lowest BCUT2D eigenvalue weighted by Crippen LogP contribution is -2.40. The Morgan fingerprint density at radius 3 is 2.48 bits per heavy atom. The Labute approximate surface area is 125 Å². The van der Waals surface area contributed by atoms with Crippen LogP contribution in [0.4, 0.5) is 5.69 Å². The molecule has 0 aliphatic carbocycles. The SMILES string of the molecule is O=C1Nc2cc(Cl)ccc2C(=O)C1C(=O)c1ccccc1. The van der Waals surface area contributed by atoms with Gasteiger partial charge in [0.05, 0.1) is 5.69 Å². The molecule has 0 radical (unpaired) electrons. The van der Waals surface area contributed by atoms with Gasteiger partial charge in [0.2, 0.25) is 5.91 Å². The number of benzene rings is 2. The van der Waals surface area contributed by atoms with E-state index in [1.807, 2.05) is 0 Å². The van der Waals surface area contributed by atoms with E-state index in [0.717, 1.165) is 0 Å². The van der Waals surface area contributed by atoms with E-state index < -0.39 is 23.4 Å². The number of carbonyl (C=O) groups excluding carboxylic acids is 3. The van der Waals surface area contributed by atoms with Gasteiger partial charge in [0.25, 0.3) is 0 Å². The lowest BCUT2D eigenvalue weighted by atomic mass is 9.86. The molecule has 0 spiro atoms. The van der Waals surface area contributed by atoms with Crippen molar-refractivity contribution in [3.63, 3.8) is 0 Å². The summed E-state index contributed by atoms with van der Waals surface area (Å²) in [5, 5.41) is 2.98. The van der Waals surface area contributed by atoms with Crippen LogP contribution in [-0.4, -0.2) is 17.5 Å². The molecule has 1 unspecified atom stereocenters. The Morgan fingerprint density at radius 1 is 1.05 bits per heavy atom. The summed E-state index contributed by atoms with van der Waals surface area (Å²) in [6.45, 7) is 0. The first-order valence-corrected chi connectivity index (χ1v) is 6.69. The van der Waals surface area contributed by atoms with E-state index in [1.165, 1.54) is 12.1 Å². The number of anilines is 1. The van der Waals surface area contributed by atoms with Crippen molar-refractivity contribution < 1.29 is 14.4 Å². The maximum absolute atomic E-state index is 12.4. The standard InChI is InChI=1S/C16H10ClNO3/c17-10-6-7-11-12(8-10)18-16(21)13(15(11)20)14(19)9-4-2-1-3-5-9/h1-8,13H,(H,18,21). The monoisotopic (exact) mass is 299 g/mol. The lowest BCUT2D eigenvalue weighted by Gasteiger charge is -2.22. The van der Waals surface area contributed by atoms with Gasteiger partial charge >= 0.3 is 0 Å². The van der Waals surface area contributed by atoms with E-state index in [0.29, 0.717) is 21.8 Å². The smallest absolute Gasteiger partial charge is 0.243 e. The Bertz CT molecular complexity index is 755. The Morgan fingerprint density at radius 2 is 1.76 bits per heavy atom. The van der Waals surface area contributed by atoms with Crippen molar-refractivity contribution in [1.29, 1.82) is 0 Å². The second-order valence-electron chi connectivity index (χ2n) is 4.71. The molecule has 1 aliphatic heterocycles. The van der Waals surface area contributed by atoms with Crippen molar-refractivity contribution >= 4 is 34.8 Å². The molecule has 0 bridgehead atoms. The number of hydrogen-bond acceptors (Lipinski definition) is 3. The van der Waals surface area contributed by atoms with Gasteiger partial charge in [-0.15, -0.1) is 0 Å². The summed E-state index contributed by atoms with van der Waals surface area (Å²) in [5.74, 6) is -2.97. The van der Waals surface area contributed by atoms with Crippen LogP contribution in [0, 0.1) is 5.92 Å². The molecule has 0 fully saturated rings. The van der Waals surface area contributed by atoms with Crippen LogP contribution in [0.25, 0.3) is 0 Å². The van der Waals surface area contributed by atoms with Crippen LogP contribution in [0.1, 0.15) is 20.7 Å². The predicted molar refractivity (Wildman–Crippen MR) is 78.7 cm³/mol. The molecule has 1 aliphatic rings. The fourth-order valence-electron chi connectivity index (χ4n) is 2.32. The minimum atomic E-state index is -1.35. The van der Waals surface area contributed by atoms with Crippen molar-refractivity contribution in [2.75, 3.05) is 5.32 Å². The third-order valence-electron chi connectivity index (χ3n) is 3.35. The van der Waals surface area contributed by atoms with Gasteiger partial charge in [-0.05, 0) is 18.2 Å². The van der Waals surface area contributed by atoms with E-state index in [1.54, 1.807) is 36.4 Å². The summed E-state index contributed by atoms with van der Waals surface area (Å²) in [6, 6.07) is 12.9. The predicted octanol–water partition coefficient (Wildman–Crippen LogP) is 2.97. The van der Waals surface area contributed by atoms with E-state index in [4.69, 9.17) is 11.6 Å². The first kappa shape index (κ1) is 13.5. The van der Waals surface area contributed by atoms with Gasteiger partial charge in [0, 0.05) is 16.1 Å². The summed E-state index contributed by atoms with van der Waals surface area (Å²) in [5.41, 5.74) is 0.978. The Kier molecular flexibility index (Phi) is 3.31. The summed E-state index contributed by atoms with van der Waals surface area (Å²) >= 11 is 5.84. The largest absolute Gasteiger partial charge is 0.324 e. The average molecular weight is 300 g/mol. The van der Waals surface area contributed by atoms with Gasteiger partial charge in [-0.3, -0.25) is 14.4 Å². The molecule has 1 heterocycles. The molecular weight excluding hydrogens is 290 g/mol. The molecule has 1 N–H and O–H groups in total. The van der Waals surface area contributed by atoms with Crippen molar-refractivity contribution in [2.45, 2.75) is 0 Å². The number of rotatable bonds is 2. The van der Waals surface area contributed by atoms with E-state index in [2.05, 4.69) is 5.32 Å². The number of carbonyl (C=O) groups is 3. The van der Waals surface area contributed by atoms with Crippen molar-refractivity contribution in [2.24, 2.45) is 5.92 Å². The van der Waals surface area contributed by atoms with Gasteiger partial charge in [-0.2, -0.15) is 0 Å². The van der Waals surface area contributed by atoms with E-state index in [-0.39, 0.29) is 0 Å². The Balaban J connectivity index is 2.02. The van der Waals surface area contributed by atoms with Crippen molar-refractivity contribution in [3.8, 4) is 0 Å². The molecule has 1 atom stereocenters. The second kappa shape index (κ2) is 5.14. The lowest BCUT2D eigenvalue weighted by molar-refractivity contribution is -0.117. The minimum absolute atomic E-state index is 0.299. The van der Waals surface area contributed by atoms with Crippen molar-refractivity contribution in [1.82, 2.24) is 0 Å². The van der Waals surface area contributed by atoms with Crippen LogP contribution in [0.3, 0.4) is 0 Å². The summed E-state index contributed by atoms with van der Waals surface area (Å²) in [4.78, 5) is 36.9. The molecule has 0 saturated heterocycles. The van der Waals surface area contributed by atoms with Crippen LogP contribution in [0.15, 0.2) is 48.5 Å². The molecule has 3 rings (SSSR count). The zero-order valence-corrected chi connectivity index (χ0v) is 11.6. The highest BCUT2D eigenvalue weighted by molar-refractivity contribution is 6.35. The maximum Gasteiger partial charge on any atom is 0.243 e. The molecule has 2 aromatic carbocycles. The number of amides is 1. The Hall–Kier alpha value is -2.46. The van der Waals surface area contributed by atoms with Gasteiger partial charge in [0.15, 0.2) is 17.5 Å². The zero-order valence-electron chi connectivity index (χ0n) is 10.8. The molecule has 5 heteroatoms. The summed E-state index contributed by atoms with van der Waals surface area (Å²) in [7, 11) is 0. The number of hydrogen-bond donors (Lipinski definition) is 1. The fourth-order valence-corrected chi connectivity index (χ4v) is 2.49. The zero-order chi connectivity index (χ0) is 15.0. The highest BCUT2D eigenvalue weighted by Gasteiger charge is 2.39. The molecular formula is C16H10ClNO3. The maximum atomic E-state index is 12.4. The van der Waals surface area contributed by atoms with Crippen molar-refractivity contribution in [3.05, 3.63) is 64.7 Å². The quantitative estimate of drug-likeness (QED) is 0.685. The fraction of sp³-hybridized carbons (Fsp3) is 0.0625.